The first-order valence-electron chi connectivity index (χ1n) is 8.23. The van der Waals surface area contributed by atoms with Crippen LogP contribution >= 0.6 is 11.3 Å². The number of sulfonamides is 1. The van der Waals surface area contributed by atoms with E-state index >= 15 is 0 Å². The summed E-state index contributed by atoms with van der Waals surface area (Å²) >= 11 is 0.880. The summed E-state index contributed by atoms with van der Waals surface area (Å²) in [6.07, 6.45) is -4.46. The number of thiophene rings is 1. The largest absolute Gasteiger partial charge is 0.495 e. The maximum atomic E-state index is 12.7. The molecule has 0 bridgehead atoms. The van der Waals surface area contributed by atoms with Crippen molar-refractivity contribution in [2.24, 2.45) is 0 Å². The summed E-state index contributed by atoms with van der Waals surface area (Å²) in [5.74, 6) is -1.17. The number of hydrogen-bond acceptors (Lipinski definition) is 5. The number of halogens is 3. The predicted octanol–water partition coefficient (Wildman–Crippen LogP) is 4.94. The van der Waals surface area contributed by atoms with E-state index in [0.717, 1.165) is 23.5 Å². The van der Waals surface area contributed by atoms with Gasteiger partial charge in [-0.25, -0.2) is 13.2 Å². The fourth-order valence-electron chi connectivity index (χ4n) is 2.55. The minimum absolute atomic E-state index is 0.0259. The average Bonchev–Trinajstić information content (AvgIpc) is 3.18. The van der Waals surface area contributed by atoms with E-state index in [9.17, 15) is 26.4 Å². The second kappa shape index (κ2) is 8.00. The lowest BCUT2D eigenvalue weighted by Gasteiger charge is -2.11. The number of carboxylic acids is 1. The van der Waals surface area contributed by atoms with Gasteiger partial charge in [0.2, 0.25) is 0 Å². The lowest BCUT2D eigenvalue weighted by molar-refractivity contribution is -0.137. The van der Waals surface area contributed by atoms with Gasteiger partial charge < -0.3 is 9.84 Å². The molecule has 0 aliphatic carbocycles. The molecule has 0 atom stereocenters. The van der Waals surface area contributed by atoms with Crippen LogP contribution in [-0.2, 0) is 16.2 Å². The molecule has 1 heterocycles. The molecule has 0 unspecified atom stereocenters. The second-order valence-electron chi connectivity index (χ2n) is 6.02. The van der Waals surface area contributed by atoms with Gasteiger partial charge in [-0.1, -0.05) is 12.1 Å². The highest BCUT2D eigenvalue weighted by Gasteiger charge is 2.30. The van der Waals surface area contributed by atoms with Crippen LogP contribution in [0.15, 0.2) is 58.8 Å². The molecule has 0 fully saturated rings. The van der Waals surface area contributed by atoms with E-state index in [4.69, 9.17) is 9.84 Å². The van der Waals surface area contributed by atoms with E-state index in [2.05, 4.69) is 4.72 Å². The van der Waals surface area contributed by atoms with Crippen LogP contribution in [0.4, 0.5) is 18.9 Å². The maximum Gasteiger partial charge on any atom is 0.416 e. The molecule has 0 aliphatic heterocycles. The number of benzene rings is 2. The molecule has 6 nitrogen and oxygen atoms in total. The van der Waals surface area contributed by atoms with E-state index < -0.39 is 27.7 Å². The lowest BCUT2D eigenvalue weighted by atomic mass is 10.1. The Hall–Kier alpha value is -3.05. The molecule has 0 radical (unpaired) electrons. The lowest BCUT2D eigenvalue weighted by Crippen LogP contribution is -2.12. The number of hydrogen-bond donors (Lipinski definition) is 2. The van der Waals surface area contributed by atoms with E-state index in [-0.39, 0.29) is 21.2 Å². The summed E-state index contributed by atoms with van der Waals surface area (Å²) < 4.78 is 70.8. The molecule has 0 saturated carbocycles. The Morgan fingerprint density at radius 1 is 1.07 bits per heavy atom. The Kier molecular flexibility index (Phi) is 5.77. The maximum absolute atomic E-state index is 12.7. The summed E-state index contributed by atoms with van der Waals surface area (Å²) in [6, 6.07) is 10.9. The quantitative estimate of drug-likeness (QED) is 0.547. The van der Waals surface area contributed by atoms with Crippen molar-refractivity contribution in [3.8, 4) is 16.2 Å². The van der Waals surface area contributed by atoms with Crippen LogP contribution in [0, 0.1) is 0 Å². The molecule has 2 aromatic carbocycles. The van der Waals surface area contributed by atoms with Gasteiger partial charge in [0.25, 0.3) is 10.0 Å². The Balaban J connectivity index is 1.87. The first-order valence-corrected chi connectivity index (χ1v) is 10.5. The standard InChI is InChI=1S/C19H14F3NO5S2/c1-28-15-10-12(18(24)25)4-7-14(15)23-30(26,27)17-9-8-16(29-17)11-2-5-13(6-3-11)19(20,21)22/h2-10,23H,1H3,(H,24,25). The molecule has 0 aliphatic rings. The molecule has 30 heavy (non-hydrogen) atoms. The van der Waals surface area contributed by atoms with Crippen LogP contribution in [0.2, 0.25) is 0 Å². The van der Waals surface area contributed by atoms with Gasteiger partial charge in [0.05, 0.1) is 23.9 Å². The van der Waals surface area contributed by atoms with Crippen LogP contribution in [0.1, 0.15) is 15.9 Å². The SMILES string of the molecule is COc1cc(C(=O)O)ccc1NS(=O)(=O)c1ccc(-c2ccc(C(F)(F)F)cc2)s1. The molecule has 0 spiro atoms. The van der Waals surface area contributed by atoms with Crippen LogP contribution in [0.5, 0.6) is 5.75 Å². The number of carbonyl (C=O) groups is 1. The highest BCUT2D eigenvalue weighted by atomic mass is 32.2. The summed E-state index contributed by atoms with van der Waals surface area (Å²) in [6.45, 7) is 0. The van der Waals surface area contributed by atoms with Gasteiger partial charge in [-0.15, -0.1) is 11.3 Å². The Bertz CT molecular complexity index is 1190. The van der Waals surface area contributed by atoms with Crippen molar-refractivity contribution in [2.75, 3.05) is 11.8 Å². The van der Waals surface area contributed by atoms with E-state index in [1.807, 2.05) is 0 Å². The third-order valence-corrected chi connectivity index (χ3v) is 7.03. The molecular formula is C19H14F3NO5S2. The van der Waals surface area contributed by atoms with Crippen LogP contribution < -0.4 is 9.46 Å². The fourth-order valence-corrected chi connectivity index (χ4v) is 4.93. The minimum atomic E-state index is -4.46. The Morgan fingerprint density at radius 3 is 2.30 bits per heavy atom. The minimum Gasteiger partial charge on any atom is -0.495 e. The number of ether oxygens (including phenoxy) is 1. The van der Waals surface area contributed by atoms with Crippen molar-refractivity contribution >= 4 is 33.0 Å². The van der Waals surface area contributed by atoms with Gasteiger partial charge in [0.15, 0.2) is 0 Å². The number of methoxy groups -OCH3 is 1. The number of aromatic carboxylic acids is 1. The topological polar surface area (TPSA) is 92.7 Å². The highest BCUT2D eigenvalue weighted by molar-refractivity contribution is 7.94. The molecule has 11 heteroatoms. The van der Waals surface area contributed by atoms with Crippen molar-refractivity contribution in [3.05, 3.63) is 65.7 Å². The second-order valence-corrected chi connectivity index (χ2v) is 9.01. The molecule has 0 saturated heterocycles. The summed E-state index contributed by atoms with van der Waals surface area (Å²) in [4.78, 5) is 11.5. The van der Waals surface area contributed by atoms with E-state index in [1.54, 1.807) is 0 Å². The molecule has 3 rings (SSSR count). The van der Waals surface area contributed by atoms with Crippen molar-refractivity contribution in [1.29, 1.82) is 0 Å². The molecular weight excluding hydrogens is 443 g/mol. The van der Waals surface area contributed by atoms with Crippen molar-refractivity contribution in [3.63, 3.8) is 0 Å². The molecule has 2 N–H and O–H groups in total. The number of rotatable bonds is 6. The molecule has 0 amide bonds. The van der Waals surface area contributed by atoms with Gasteiger partial charge in [-0.3, -0.25) is 4.72 Å². The summed E-state index contributed by atoms with van der Waals surface area (Å²) in [5.41, 5.74) is -0.380. The zero-order valence-corrected chi connectivity index (χ0v) is 16.9. The van der Waals surface area contributed by atoms with Gasteiger partial charge in [0, 0.05) is 4.88 Å². The predicted molar refractivity (Wildman–Crippen MR) is 106 cm³/mol. The van der Waals surface area contributed by atoms with Crippen molar-refractivity contribution < 1.29 is 36.2 Å². The van der Waals surface area contributed by atoms with E-state index in [1.165, 1.54) is 49.6 Å². The number of anilines is 1. The third-order valence-electron chi connectivity index (χ3n) is 4.04. The van der Waals surface area contributed by atoms with Gasteiger partial charge >= 0.3 is 12.1 Å². The number of alkyl halides is 3. The summed E-state index contributed by atoms with van der Waals surface area (Å²) in [7, 11) is -2.77. The third kappa shape index (κ3) is 4.57. The summed E-state index contributed by atoms with van der Waals surface area (Å²) in [5, 5.41) is 9.02. The van der Waals surface area contributed by atoms with Gasteiger partial charge in [-0.2, -0.15) is 13.2 Å². The van der Waals surface area contributed by atoms with Gasteiger partial charge in [-0.05, 0) is 48.0 Å². The van der Waals surface area contributed by atoms with E-state index in [0.29, 0.717) is 10.4 Å². The highest BCUT2D eigenvalue weighted by Crippen LogP contribution is 2.35. The normalized spacial score (nSPS) is 11.9. The zero-order chi connectivity index (χ0) is 22.1. The molecule has 3 aromatic rings. The zero-order valence-electron chi connectivity index (χ0n) is 15.2. The first kappa shape index (κ1) is 21.7. The van der Waals surface area contributed by atoms with Crippen molar-refractivity contribution in [1.82, 2.24) is 0 Å². The number of nitrogens with one attached hydrogen (secondary N) is 1. The number of carboxylic acid groups (broad SMARTS) is 1. The fraction of sp³-hybridized carbons (Fsp3) is 0.105. The molecule has 158 valence electrons. The Labute approximate surface area is 173 Å². The molecule has 1 aromatic heterocycles. The van der Waals surface area contributed by atoms with Crippen LogP contribution in [-0.4, -0.2) is 26.6 Å². The van der Waals surface area contributed by atoms with Crippen LogP contribution in [0.25, 0.3) is 10.4 Å². The van der Waals surface area contributed by atoms with Crippen LogP contribution in [0.3, 0.4) is 0 Å². The smallest absolute Gasteiger partial charge is 0.416 e. The Morgan fingerprint density at radius 2 is 1.73 bits per heavy atom. The van der Waals surface area contributed by atoms with Crippen molar-refractivity contribution in [2.45, 2.75) is 10.4 Å². The van der Waals surface area contributed by atoms with Gasteiger partial charge in [0.1, 0.15) is 9.96 Å². The first-order chi connectivity index (χ1) is 14.0. The monoisotopic (exact) mass is 457 g/mol. The average molecular weight is 457 g/mol.